The lowest BCUT2D eigenvalue weighted by Crippen LogP contribution is -2.52. The van der Waals surface area contributed by atoms with Crippen molar-refractivity contribution in [2.75, 3.05) is 64.2 Å². The Morgan fingerprint density at radius 2 is 1.66 bits per heavy atom. The molecule has 0 aliphatic carbocycles. The maximum atomic E-state index is 14.2. The van der Waals surface area contributed by atoms with Crippen LogP contribution in [0.5, 0.6) is 0 Å². The molecule has 3 fully saturated rings. The van der Waals surface area contributed by atoms with Gasteiger partial charge >= 0.3 is 17.9 Å². The van der Waals surface area contributed by atoms with Gasteiger partial charge in [-0.05, 0) is 87.4 Å². The lowest BCUT2D eigenvalue weighted by molar-refractivity contribution is -0.142. The number of hydrogen-bond acceptors (Lipinski definition) is 8. The zero-order valence-electron chi connectivity index (χ0n) is 29.2. The van der Waals surface area contributed by atoms with Crippen LogP contribution in [0.1, 0.15) is 48.8 Å². The molecule has 4 aliphatic rings. The molecule has 268 valence electrons. The van der Waals surface area contributed by atoms with Crippen molar-refractivity contribution in [1.29, 1.82) is 0 Å². The van der Waals surface area contributed by atoms with E-state index in [2.05, 4.69) is 15.5 Å². The minimum atomic E-state index is -1.03. The summed E-state index contributed by atoms with van der Waals surface area (Å²) in [5.74, 6) is -0.648. The van der Waals surface area contributed by atoms with Crippen LogP contribution >= 0.6 is 0 Å². The van der Waals surface area contributed by atoms with Gasteiger partial charge in [-0.15, -0.1) is 0 Å². The molecule has 2 aromatic carbocycles. The Labute approximate surface area is 292 Å². The van der Waals surface area contributed by atoms with Crippen molar-refractivity contribution in [3.05, 3.63) is 63.6 Å². The standard InChI is InChI=1S/C37H49N7O6/c1-25-22-26(23-31-33(25)40(2)36(47)49-31)24-32(34(45)42-16-9-28(10-17-42)41-15-5-13-38-14-21-41)50-37(48)43-18-11-29(12-19-43)44-20-8-27-6-3-4-7-30(27)39-35(44)46/h3-4,6-7,22-23,28-29,32,38H,5,8-21,24H2,1-2H3,(H,39,46)/t32-/m1/s1. The summed E-state index contributed by atoms with van der Waals surface area (Å²) >= 11 is 0. The van der Waals surface area contributed by atoms with Gasteiger partial charge in [0.25, 0.3) is 5.91 Å². The number of rotatable bonds is 6. The third-order valence-electron chi connectivity index (χ3n) is 11.0. The topological polar surface area (TPSA) is 133 Å². The summed E-state index contributed by atoms with van der Waals surface area (Å²) in [6, 6.07) is 11.9. The van der Waals surface area contributed by atoms with Crippen LogP contribution in [0, 0.1) is 6.92 Å². The smallest absolute Gasteiger partial charge is 0.419 e. The number of piperidine rings is 2. The molecule has 3 saturated heterocycles. The number of ether oxygens (including phenoxy) is 1. The number of urea groups is 1. The van der Waals surface area contributed by atoms with Gasteiger partial charge in [0.15, 0.2) is 11.7 Å². The number of amides is 4. The van der Waals surface area contributed by atoms with E-state index in [1.54, 1.807) is 18.0 Å². The number of hydrogen-bond donors (Lipinski definition) is 2. The summed E-state index contributed by atoms with van der Waals surface area (Å²) in [6.45, 7) is 8.71. The molecule has 0 bridgehead atoms. The second-order valence-electron chi connectivity index (χ2n) is 14.2. The van der Waals surface area contributed by atoms with E-state index in [0.717, 1.165) is 74.2 Å². The zero-order valence-corrected chi connectivity index (χ0v) is 29.2. The molecule has 5 heterocycles. The summed E-state index contributed by atoms with van der Waals surface area (Å²) in [7, 11) is 1.67. The van der Waals surface area contributed by atoms with E-state index in [4.69, 9.17) is 9.15 Å². The molecule has 3 aromatic rings. The maximum absolute atomic E-state index is 14.2. The van der Waals surface area contributed by atoms with E-state index in [9.17, 15) is 19.2 Å². The number of fused-ring (bicyclic) bond motifs is 2. The highest BCUT2D eigenvalue weighted by Gasteiger charge is 2.36. The molecule has 13 nitrogen and oxygen atoms in total. The number of carbonyl (C=O) groups is 3. The Morgan fingerprint density at radius 3 is 2.46 bits per heavy atom. The number of aromatic nitrogens is 1. The van der Waals surface area contributed by atoms with E-state index < -0.39 is 18.0 Å². The van der Waals surface area contributed by atoms with Crippen molar-refractivity contribution in [2.24, 2.45) is 7.05 Å². The third kappa shape index (κ3) is 7.25. The second-order valence-corrected chi connectivity index (χ2v) is 14.2. The molecule has 1 aromatic heterocycles. The van der Waals surface area contributed by atoms with Crippen LogP contribution in [0.2, 0.25) is 0 Å². The summed E-state index contributed by atoms with van der Waals surface area (Å²) in [5, 5.41) is 6.52. The molecule has 13 heteroatoms. The third-order valence-corrected chi connectivity index (χ3v) is 11.0. The highest BCUT2D eigenvalue weighted by atomic mass is 16.6. The molecule has 0 saturated carbocycles. The van der Waals surface area contributed by atoms with Crippen molar-refractivity contribution in [3.8, 4) is 0 Å². The molecule has 0 spiro atoms. The van der Waals surface area contributed by atoms with Crippen LogP contribution in [0.25, 0.3) is 11.1 Å². The molecule has 7 rings (SSSR count). The number of aryl methyl sites for hydroxylation is 2. The van der Waals surface area contributed by atoms with Gasteiger partial charge in [0.1, 0.15) is 0 Å². The molecule has 0 unspecified atom stereocenters. The first-order valence-corrected chi connectivity index (χ1v) is 18.2. The van der Waals surface area contributed by atoms with Gasteiger partial charge in [0.2, 0.25) is 0 Å². The van der Waals surface area contributed by atoms with E-state index >= 15 is 0 Å². The Kier molecular flexibility index (Phi) is 10.1. The predicted molar refractivity (Wildman–Crippen MR) is 189 cm³/mol. The minimum absolute atomic E-state index is 0.00213. The number of para-hydroxylation sites is 1. The number of anilines is 1. The Bertz CT molecular complexity index is 1760. The average Bonchev–Trinajstić information content (AvgIpc) is 3.31. The molecule has 4 amide bonds. The fourth-order valence-electron chi connectivity index (χ4n) is 8.27. The number of nitrogens with zero attached hydrogens (tertiary/aromatic N) is 5. The van der Waals surface area contributed by atoms with Crippen molar-refractivity contribution in [2.45, 2.75) is 70.1 Å². The molecule has 50 heavy (non-hydrogen) atoms. The van der Waals surface area contributed by atoms with Gasteiger partial charge in [-0.25, -0.2) is 14.4 Å². The molecule has 1 atom stereocenters. The Balaban J connectivity index is 1.02. The second kappa shape index (κ2) is 14.9. The first-order chi connectivity index (χ1) is 24.2. The number of carbonyl (C=O) groups excluding carboxylic acids is 3. The summed E-state index contributed by atoms with van der Waals surface area (Å²) in [6.07, 6.45) is 3.53. The van der Waals surface area contributed by atoms with Gasteiger partial charge in [0.05, 0.1) is 5.52 Å². The fraction of sp³-hybridized carbons (Fsp3) is 0.568. The van der Waals surface area contributed by atoms with E-state index in [0.29, 0.717) is 62.7 Å². The highest BCUT2D eigenvalue weighted by molar-refractivity contribution is 5.91. The van der Waals surface area contributed by atoms with Crippen molar-refractivity contribution >= 4 is 34.8 Å². The number of oxazole rings is 1. The quantitative estimate of drug-likeness (QED) is 0.404. The monoisotopic (exact) mass is 687 g/mol. The first kappa shape index (κ1) is 34.1. The van der Waals surface area contributed by atoms with Crippen molar-refractivity contribution < 1.29 is 23.5 Å². The molecular weight excluding hydrogens is 638 g/mol. The minimum Gasteiger partial charge on any atom is -0.436 e. The molecule has 4 aliphatic heterocycles. The largest absolute Gasteiger partial charge is 0.436 e. The van der Waals surface area contributed by atoms with Crippen molar-refractivity contribution in [1.82, 2.24) is 29.5 Å². The highest BCUT2D eigenvalue weighted by Crippen LogP contribution is 2.27. The molecule has 2 N–H and O–H groups in total. The van der Waals surface area contributed by atoms with Crippen molar-refractivity contribution in [3.63, 3.8) is 0 Å². The van der Waals surface area contributed by atoms with Crippen LogP contribution in [0.15, 0.2) is 45.6 Å². The lowest BCUT2D eigenvalue weighted by Gasteiger charge is -2.40. The lowest BCUT2D eigenvalue weighted by atomic mass is 10.00. The van der Waals surface area contributed by atoms with E-state index in [1.807, 2.05) is 47.1 Å². The van der Waals surface area contributed by atoms with Crippen LogP contribution in [0.3, 0.4) is 0 Å². The molecular formula is C37H49N7O6. The van der Waals surface area contributed by atoms with Crippen LogP contribution in [-0.4, -0.2) is 119 Å². The summed E-state index contributed by atoms with van der Waals surface area (Å²) in [4.78, 5) is 61.2. The van der Waals surface area contributed by atoms with Gasteiger partial charge in [-0.1, -0.05) is 24.3 Å². The Morgan fingerprint density at radius 1 is 0.920 bits per heavy atom. The average molecular weight is 688 g/mol. The van der Waals surface area contributed by atoms with Gasteiger partial charge in [0, 0.05) is 77.1 Å². The van der Waals surface area contributed by atoms with E-state index in [-0.39, 0.29) is 24.4 Å². The normalized spacial score (nSPS) is 20.6. The van der Waals surface area contributed by atoms with Crippen LogP contribution < -0.4 is 16.4 Å². The first-order valence-electron chi connectivity index (χ1n) is 18.2. The predicted octanol–water partition coefficient (Wildman–Crippen LogP) is 3.33. The Hall–Kier alpha value is -4.36. The SMILES string of the molecule is Cc1cc(C[C@@H](OC(=O)N2CCC(N3CCc4ccccc4NC3=O)CC2)C(=O)N2CCC(N3CCCNCC3)CC2)cc2oc(=O)n(C)c12. The molecule has 0 radical (unpaired) electrons. The summed E-state index contributed by atoms with van der Waals surface area (Å²) < 4.78 is 13.1. The van der Waals surface area contributed by atoms with Gasteiger partial charge < -0.3 is 34.5 Å². The van der Waals surface area contributed by atoms with Gasteiger partial charge in [-0.3, -0.25) is 14.3 Å². The maximum Gasteiger partial charge on any atom is 0.419 e. The van der Waals surface area contributed by atoms with E-state index in [1.165, 1.54) is 4.57 Å². The fourth-order valence-corrected chi connectivity index (χ4v) is 8.27. The number of nitrogens with one attached hydrogen (secondary N) is 2. The summed E-state index contributed by atoms with van der Waals surface area (Å²) in [5.41, 5.74) is 4.72. The number of benzene rings is 2. The van der Waals surface area contributed by atoms with Crippen LogP contribution in [0.4, 0.5) is 15.3 Å². The zero-order chi connectivity index (χ0) is 34.8. The van der Waals surface area contributed by atoms with Crippen LogP contribution in [-0.2, 0) is 29.4 Å². The number of likely N-dealkylation sites (tertiary alicyclic amines) is 2. The van der Waals surface area contributed by atoms with Gasteiger partial charge in [-0.2, -0.15) is 0 Å².